The lowest BCUT2D eigenvalue weighted by Gasteiger charge is -2.15. The molecule has 0 unspecified atom stereocenters. The molecular formula is C20H17FN4O. The summed E-state index contributed by atoms with van der Waals surface area (Å²) in [7, 11) is 0. The first-order chi connectivity index (χ1) is 12.7. The normalized spacial score (nSPS) is 14.3. The van der Waals surface area contributed by atoms with Crippen molar-refractivity contribution in [3.63, 3.8) is 0 Å². The van der Waals surface area contributed by atoms with Crippen molar-refractivity contribution in [1.29, 1.82) is 5.26 Å². The van der Waals surface area contributed by atoms with Gasteiger partial charge in [-0.2, -0.15) is 5.26 Å². The summed E-state index contributed by atoms with van der Waals surface area (Å²) in [4.78, 5) is 0. The molecule has 2 aromatic carbocycles. The van der Waals surface area contributed by atoms with Crippen LogP contribution in [-0.2, 0) is 0 Å². The molecular weight excluding hydrogens is 331 g/mol. The minimum absolute atomic E-state index is 0.207. The Labute approximate surface area is 150 Å². The molecule has 0 bridgehead atoms. The lowest BCUT2D eigenvalue weighted by Crippen LogP contribution is -2.10. The van der Waals surface area contributed by atoms with Crippen LogP contribution in [0.25, 0.3) is 22.4 Å². The number of aromatic nitrogens is 3. The Balaban J connectivity index is 1.78. The zero-order valence-electron chi connectivity index (χ0n) is 14.1. The van der Waals surface area contributed by atoms with E-state index in [4.69, 9.17) is 4.74 Å². The van der Waals surface area contributed by atoms with Crippen molar-refractivity contribution in [2.24, 2.45) is 0 Å². The first-order valence-electron chi connectivity index (χ1n) is 8.62. The largest absolute Gasteiger partial charge is 0.490 e. The summed E-state index contributed by atoms with van der Waals surface area (Å²) in [5, 5.41) is 19.6. The highest BCUT2D eigenvalue weighted by Crippen LogP contribution is 2.33. The number of rotatable bonds is 4. The van der Waals surface area contributed by atoms with Crippen molar-refractivity contribution in [2.45, 2.75) is 31.8 Å². The van der Waals surface area contributed by atoms with Gasteiger partial charge in [0, 0.05) is 5.56 Å². The number of aromatic amines is 1. The van der Waals surface area contributed by atoms with Crippen LogP contribution in [0.15, 0.2) is 42.5 Å². The minimum atomic E-state index is -0.282. The number of hydrogen-bond acceptors (Lipinski definition) is 4. The van der Waals surface area contributed by atoms with E-state index in [1.54, 1.807) is 12.1 Å². The molecule has 0 radical (unpaired) electrons. The molecule has 3 aromatic rings. The van der Waals surface area contributed by atoms with Gasteiger partial charge in [-0.05, 0) is 67.1 Å². The third-order valence-corrected chi connectivity index (χ3v) is 4.62. The van der Waals surface area contributed by atoms with E-state index in [9.17, 15) is 9.65 Å². The van der Waals surface area contributed by atoms with E-state index in [0.717, 1.165) is 35.3 Å². The van der Waals surface area contributed by atoms with Gasteiger partial charge in [0.1, 0.15) is 23.3 Å². The van der Waals surface area contributed by atoms with E-state index in [1.165, 1.54) is 25.0 Å². The summed E-state index contributed by atoms with van der Waals surface area (Å²) in [5.74, 6) is 0.441. The minimum Gasteiger partial charge on any atom is -0.490 e. The molecule has 0 saturated heterocycles. The average molecular weight is 348 g/mol. The maximum atomic E-state index is 13.3. The molecule has 1 heterocycles. The highest BCUT2D eigenvalue weighted by atomic mass is 19.1. The Morgan fingerprint density at radius 2 is 1.77 bits per heavy atom. The van der Waals surface area contributed by atoms with Crippen LogP contribution in [0.3, 0.4) is 0 Å². The fourth-order valence-corrected chi connectivity index (χ4v) is 3.32. The summed E-state index contributed by atoms with van der Waals surface area (Å²) in [6.45, 7) is 0. The lowest BCUT2D eigenvalue weighted by atomic mass is 10.0. The molecule has 0 aliphatic heterocycles. The fourth-order valence-electron chi connectivity index (χ4n) is 3.32. The molecule has 5 nitrogen and oxygen atoms in total. The molecule has 1 fully saturated rings. The molecule has 1 aliphatic rings. The predicted octanol–water partition coefficient (Wildman–Crippen LogP) is 4.47. The fraction of sp³-hybridized carbons (Fsp3) is 0.250. The molecule has 0 spiro atoms. The van der Waals surface area contributed by atoms with Crippen LogP contribution in [0.2, 0.25) is 0 Å². The molecule has 4 rings (SSSR count). The quantitative estimate of drug-likeness (QED) is 0.755. The van der Waals surface area contributed by atoms with E-state index in [0.29, 0.717) is 11.4 Å². The van der Waals surface area contributed by atoms with E-state index >= 15 is 0 Å². The Hall–Kier alpha value is -3.20. The highest BCUT2D eigenvalue weighted by Gasteiger charge is 2.18. The van der Waals surface area contributed by atoms with Gasteiger partial charge < -0.3 is 4.74 Å². The third-order valence-electron chi connectivity index (χ3n) is 4.62. The Morgan fingerprint density at radius 3 is 2.50 bits per heavy atom. The zero-order chi connectivity index (χ0) is 17.9. The molecule has 1 aliphatic carbocycles. The third kappa shape index (κ3) is 3.29. The predicted molar refractivity (Wildman–Crippen MR) is 94.8 cm³/mol. The number of halogens is 1. The van der Waals surface area contributed by atoms with Crippen molar-refractivity contribution < 1.29 is 9.13 Å². The van der Waals surface area contributed by atoms with E-state index in [-0.39, 0.29) is 11.9 Å². The summed E-state index contributed by atoms with van der Waals surface area (Å²) < 4.78 is 19.4. The van der Waals surface area contributed by atoms with Gasteiger partial charge in [-0.25, -0.2) is 9.49 Å². The summed E-state index contributed by atoms with van der Waals surface area (Å²) >= 11 is 0. The SMILES string of the molecule is N#Cc1[nH]nnc1-c1cc(OC2CCCC2)cc(-c2ccc(F)cc2)c1. The molecule has 1 aromatic heterocycles. The van der Waals surface area contributed by atoms with Crippen molar-refractivity contribution >= 4 is 0 Å². The Bertz CT molecular complexity index is 953. The number of benzene rings is 2. The number of nitrogens with one attached hydrogen (secondary N) is 1. The molecule has 26 heavy (non-hydrogen) atoms. The van der Waals surface area contributed by atoms with Gasteiger partial charge in [0.05, 0.1) is 6.10 Å². The average Bonchev–Trinajstić information content (AvgIpc) is 3.33. The summed E-state index contributed by atoms with van der Waals surface area (Å²) in [6, 6.07) is 14.1. The topological polar surface area (TPSA) is 74.6 Å². The van der Waals surface area contributed by atoms with Crippen LogP contribution in [0.4, 0.5) is 4.39 Å². The van der Waals surface area contributed by atoms with Crippen molar-refractivity contribution in [2.75, 3.05) is 0 Å². The van der Waals surface area contributed by atoms with Crippen LogP contribution < -0.4 is 4.74 Å². The van der Waals surface area contributed by atoms with E-state index < -0.39 is 0 Å². The van der Waals surface area contributed by atoms with Crippen LogP contribution in [-0.4, -0.2) is 21.5 Å². The Morgan fingerprint density at radius 1 is 1.04 bits per heavy atom. The van der Waals surface area contributed by atoms with Gasteiger partial charge in [-0.3, -0.25) is 0 Å². The number of ether oxygens (including phenoxy) is 1. The van der Waals surface area contributed by atoms with Gasteiger partial charge in [0.15, 0.2) is 5.69 Å². The number of hydrogen-bond donors (Lipinski definition) is 1. The molecule has 6 heteroatoms. The second kappa shape index (κ2) is 6.96. The standard InChI is InChI=1S/C20H17FN4O/c21-16-7-5-13(6-8-16)14-9-15(20-19(12-22)23-25-24-20)11-18(10-14)26-17-3-1-2-4-17/h5-11,17H,1-4H2,(H,23,24,25). The maximum Gasteiger partial charge on any atom is 0.163 e. The monoisotopic (exact) mass is 348 g/mol. The van der Waals surface area contributed by atoms with Gasteiger partial charge in [0.25, 0.3) is 0 Å². The lowest BCUT2D eigenvalue weighted by molar-refractivity contribution is 0.210. The van der Waals surface area contributed by atoms with E-state index in [1.807, 2.05) is 18.2 Å². The number of H-pyrrole nitrogens is 1. The first-order valence-corrected chi connectivity index (χ1v) is 8.62. The smallest absolute Gasteiger partial charge is 0.163 e. The second-order valence-corrected chi connectivity index (χ2v) is 6.42. The van der Waals surface area contributed by atoms with Crippen molar-refractivity contribution in [3.05, 3.63) is 54.0 Å². The van der Waals surface area contributed by atoms with Crippen LogP contribution in [0, 0.1) is 17.1 Å². The number of nitrogens with zero attached hydrogens (tertiary/aromatic N) is 3. The maximum absolute atomic E-state index is 13.3. The summed E-state index contributed by atoms with van der Waals surface area (Å²) in [5.41, 5.74) is 3.26. The first kappa shape index (κ1) is 16.3. The second-order valence-electron chi connectivity index (χ2n) is 6.42. The van der Waals surface area contributed by atoms with Gasteiger partial charge in [-0.15, -0.1) is 5.10 Å². The van der Waals surface area contributed by atoms with Crippen LogP contribution in [0.5, 0.6) is 5.75 Å². The van der Waals surface area contributed by atoms with Crippen molar-refractivity contribution in [3.8, 4) is 34.2 Å². The van der Waals surface area contributed by atoms with Gasteiger partial charge >= 0.3 is 0 Å². The van der Waals surface area contributed by atoms with Gasteiger partial charge in [-0.1, -0.05) is 17.3 Å². The Kier molecular flexibility index (Phi) is 4.36. The van der Waals surface area contributed by atoms with Gasteiger partial charge in [0.2, 0.25) is 0 Å². The number of nitriles is 1. The molecule has 0 atom stereocenters. The van der Waals surface area contributed by atoms with Crippen molar-refractivity contribution in [1.82, 2.24) is 15.4 Å². The summed E-state index contributed by atoms with van der Waals surface area (Å²) in [6.07, 6.45) is 4.65. The zero-order valence-corrected chi connectivity index (χ0v) is 14.1. The van der Waals surface area contributed by atoms with Crippen LogP contribution in [0.1, 0.15) is 31.4 Å². The highest BCUT2D eigenvalue weighted by molar-refractivity contribution is 5.75. The van der Waals surface area contributed by atoms with E-state index in [2.05, 4.69) is 21.5 Å². The molecule has 130 valence electrons. The molecule has 1 saturated carbocycles. The van der Waals surface area contributed by atoms with Crippen LogP contribution >= 0.6 is 0 Å². The molecule has 1 N–H and O–H groups in total. The molecule has 0 amide bonds.